The van der Waals surface area contributed by atoms with Crippen LogP contribution in [0.5, 0.6) is 0 Å². The van der Waals surface area contributed by atoms with Crippen LogP contribution in [-0.4, -0.2) is 23.3 Å². The summed E-state index contributed by atoms with van der Waals surface area (Å²) in [4.78, 5) is 25.5. The van der Waals surface area contributed by atoms with Crippen LogP contribution in [0.15, 0.2) is 42.5 Å². The van der Waals surface area contributed by atoms with Gasteiger partial charge in [0.2, 0.25) is 5.91 Å². The Morgan fingerprint density at radius 1 is 1.08 bits per heavy atom. The normalized spacial score (nSPS) is 14.1. The number of amides is 2. The summed E-state index contributed by atoms with van der Waals surface area (Å²) in [6.07, 6.45) is 1.47. The highest BCUT2D eigenvalue weighted by Crippen LogP contribution is 2.17. The highest BCUT2D eigenvalue weighted by atomic mass is 19.2. The number of benzene rings is 2. The van der Waals surface area contributed by atoms with Gasteiger partial charge in [-0.3, -0.25) is 9.59 Å². The number of hydrogen-bond acceptors (Lipinski definition) is 2. The molecule has 3 rings (SSSR count). The van der Waals surface area contributed by atoms with Gasteiger partial charge in [0.25, 0.3) is 5.91 Å². The van der Waals surface area contributed by atoms with E-state index in [1.807, 2.05) is 0 Å². The molecule has 124 valence electrons. The molecular formula is C18H16F2N2O2. The maximum absolute atomic E-state index is 13.2. The molecule has 0 atom stereocenters. The Morgan fingerprint density at radius 2 is 1.83 bits per heavy atom. The van der Waals surface area contributed by atoms with Crippen molar-refractivity contribution < 1.29 is 18.4 Å². The number of rotatable bonds is 4. The zero-order chi connectivity index (χ0) is 17.1. The lowest BCUT2D eigenvalue weighted by Gasteiger charge is -2.15. The molecule has 0 bridgehead atoms. The second-order valence-corrected chi connectivity index (χ2v) is 5.70. The van der Waals surface area contributed by atoms with Crippen LogP contribution >= 0.6 is 0 Å². The molecule has 0 saturated carbocycles. The van der Waals surface area contributed by atoms with Gasteiger partial charge in [0.15, 0.2) is 11.6 Å². The molecule has 2 aromatic rings. The van der Waals surface area contributed by atoms with E-state index in [2.05, 4.69) is 5.32 Å². The minimum atomic E-state index is -1.02. The minimum absolute atomic E-state index is 0.148. The molecule has 1 aliphatic heterocycles. The van der Waals surface area contributed by atoms with E-state index in [0.29, 0.717) is 18.5 Å². The lowest BCUT2D eigenvalue weighted by atomic mass is 10.1. The monoisotopic (exact) mass is 330 g/mol. The summed E-state index contributed by atoms with van der Waals surface area (Å²) < 4.78 is 26.0. The van der Waals surface area contributed by atoms with Gasteiger partial charge in [-0.1, -0.05) is 12.1 Å². The van der Waals surface area contributed by atoms with Crippen molar-refractivity contribution in [2.45, 2.75) is 19.4 Å². The minimum Gasteiger partial charge on any atom is -0.338 e. The topological polar surface area (TPSA) is 49.4 Å². The first-order chi connectivity index (χ1) is 11.5. The first kappa shape index (κ1) is 16.1. The van der Waals surface area contributed by atoms with Crippen molar-refractivity contribution in [1.29, 1.82) is 0 Å². The van der Waals surface area contributed by atoms with Gasteiger partial charge in [-0.25, -0.2) is 8.78 Å². The number of nitrogens with zero attached hydrogens (tertiary/aromatic N) is 1. The molecule has 1 saturated heterocycles. The lowest BCUT2D eigenvalue weighted by Crippen LogP contribution is -2.23. The molecule has 1 aliphatic rings. The molecule has 1 fully saturated rings. The largest absolute Gasteiger partial charge is 0.338 e. The third kappa shape index (κ3) is 3.59. The Bertz CT molecular complexity index is 775. The average molecular weight is 330 g/mol. The van der Waals surface area contributed by atoms with Crippen LogP contribution in [0.1, 0.15) is 28.8 Å². The van der Waals surface area contributed by atoms with Crippen LogP contribution in [0.25, 0.3) is 0 Å². The van der Waals surface area contributed by atoms with Gasteiger partial charge in [0.05, 0.1) is 0 Å². The fraction of sp³-hybridized carbons (Fsp3) is 0.222. The highest BCUT2D eigenvalue weighted by Gasteiger charge is 2.20. The summed E-state index contributed by atoms with van der Waals surface area (Å²) in [7, 11) is 0. The second kappa shape index (κ2) is 6.78. The molecule has 1 heterocycles. The van der Waals surface area contributed by atoms with Crippen molar-refractivity contribution in [2.24, 2.45) is 0 Å². The van der Waals surface area contributed by atoms with Crippen LogP contribution in [0.3, 0.4) is 0 Å². The SMILES string of the molecule is O=C(Nc1ccc(F)c(F)c1)c1ccc(CN2CCCC2=O)cc1. The van der Waals surface area contributed by atoms with Crippen molar-refractivity contribution in [3.8, 4) is 0 Å². The zero-order valence-corrected chi connectivity index (χ0v) is 12.9. The van der Waals surface area contributed by atoms with Crippen molar-refractivity contribution in [1.82, 2.24) is 4.90 Å². The molecule has 4 nitrogen and oxygen atoms in total. The number of halogens is 2. The Labute approximate surface area is 138 Å². The van der Waals surface area contributed by atoms with E-state index in [1.54, 1.807) is 29.2 Å². The molecule has 2 amide bonds. The quantitative estimate of drug-likeness (QED) is 0.935. The van der Waals surface area contributed by atoms with Gasteiger partial charge in [0.1, 0.15) is 0 Å². The van der Waals surface area contributed by atoms with Crippen molar-refractivity contribution in [2.75, 3.05) is 11.9 Å². The van der Waals surface area contributed by atoms with Crippen LogP contribution in [0.4, 0.5) is 14.5 Å². The molecule has 0 unspecified atom stereocenters. The number of anilines is 1. The molecule has 2 aromatic carbocycles. The van der Waals surface area contributed by atoms with Gasteiger partial charge < -0.3 is 10.2 Å². The van der Waals surface area contributed by atoms with E-state index < -0.39 is 17.5 Å². The maximum Gasteiger partial charge on any atom is 0.255 e. The summed E-state index contributed by atoms with van der Waals surface area (Å²) in [6.45, 7) is 1.29. The van der Waals surface area contributed by atoms with E-state index in [0.717, 1.165) is 30.7 Å². The third-order valence-electron chi connectivity index (χ3n) is 3.94. The molecule has 0 spiro atoms. The fourth-order valence-corrected chi connectivity index (χ4v) is 2.63. The smallest absolute Gasteiger partial charge is 0.255 e. The standard InChI is InChI=1S/C18H16F2N2O2/c19-15-8-7-14(10-16(15)20)21-18(24)13-5-3-12(4-6-13)11-22-9-1-2-17(22)23/h3-8,10H,1-2,9,11H2,(H,21,24). The van der Waals surface area contributed by atoms with Crippen LogP contribution in [-0.2, 0) is 11.3 Å². The number of carbonyl (C=O) groups excluding carboxylic acids is 2. The number of nitrogens with one attached hydrogen (secondary N) is 1. The number of likely N-dealkylation sites (tertiary alicyclic amines) is 1. The average Bonchev–Trinajstić information content (AvgIpc) is 2.97. The second-order valence-electron chi connectivity index (χ2n) is 5.70. The third-order valence-corrected chi connectivity index (χ3v) is 3.94. The van der Waals surface area contributed by atoms with Crippen molar-refractivity contribution in [3.63, 3.8) is 0 Å². The Morgan fingerprint density at radius 3 is 2.46 bits per heavy atom. The van der Waals surface area contributed by atoms with E-state index in [-0.39, 0.29) is 11.6 Å². The lowest BCUT2D eigenvalue weighted by molar-refractivity contribution is -0.128. The molecule has 24 heavy (non-hydrogen) atoms. The van der Waals surface area contributed by atoms with Crippen molar-refractivity contribution >= 4 is 17.5 Å². The predicted molar refractivity (Wildman–Crippen MR) is 85.4 cm³/mol. The summed E-state index contributed by atoms with van der Waals surface area (Å²) in [5.74, 6) is -2.24. The molecule has 0 radical (unpaired) electrons. The van der Waals surface area contributed by atoms with Gasteiger partial charge in [-0.15, -0.1) is 0 Å². The summed E-state index contributed by atoms with van der Waals surface area (Å²) in [6, 6.07) is 10.0. The van der Waals surface area contributed by atoms with Crippen LogP contribution < -0.4 is 5.32 Å². The van der Waals surface area contributed by atoms with Crippen LogP contribution in [0.2, 0.25) is 0 Å². The Kier molecular flexibility index (Phi) is 4.55. The van der Waals surface area contributed by atoms with Gasteiger partial charge in [-0.05, 0) is 36.2 Å². The van der Waals surface area contributed by atoms with E-state index in [1.165, 1.54) is 6.07 Å². The Hall–Kier alpha value is -2.76. The van der Waals surface area contributed by atoms with Gasteiger partial charge in [0, 0.05) is 36.8 Å². The van der Waals surface area contributed by atoms with E-state index in [4.69, 9.17) is 0 Å². The van der Waals surface area contributed by atoms with Crippen molar-refractivity contribution in [3.05, 3.63) is 65.2 Å². The van der Waals surface area contributed by atoms with E-state index >= 15 is 0 Å². The molecular weight excluding hydrogens is 314 g/mol. The summed E-state index contributed by atoms with van der Waals surface area (Å²) in [5.41, 5.74) is 1.52. The Balaban J connectivity index is 1.65. The zero-order valence-electron chi connectivity index (χ0n) is 12.9. The van der Waals surface area contributed by atoms with Gasteiger partial charge >= 0.3 is 0 Å². The number of hydrogen-bond donors (Lipinski definition) is 1. The summed E-state index contributed by atoms with van der Waals surface area (Å²) in [5, 5.41) is 2.52. The van der Waals surface area contributed by atoms with E-state index in [9.17, 15) is 18.4 Å². The van der Waals surface area contributed by atoms with Crippen LogP contribution in [0, 0.1) is 11.6 Å². The fourth-order valence-electron chi connectivity index (χ4n) is 2.63. The first-order valence-corrected chi connectivity index (χ1v) is 7.66. The molecule has 0 aromatic heterocycles. The highest BCUT2D eigenvalue weighted by molar-refractivity contribution is 6.04. The molecule has 1 N–H and O–H groups in total. The predicted octanol–water partition coefficient (Wildman–Crippen LogP) is 3.34. The maximum atomic E-state index is 13.2. The summed E-state index contributed by atoms with van der Waals surface area (Å²) >= 11 is 0. The van der Waals surface area contributed by atoms with Gasteiger partial charge in [-0.2, -0.15) is 0 Å². The molecule has 0 aliphatic carbocycles. The number of carbonyl (C=O) groups is 2. The molecule has 6 heteroatoms. The first-order valence-electron chi connectivity index (χ1n) is 7.66.